The molecule has 82 valence electrons. The summed E-state index contributed by atoms with van der Waals surface area (Å²) in [6, 6.07) is 15.9. The van der Waals surface area contributed by atoms with Crippen LogP contribution >= 0.6 is 31.9 Å². The number of ether oxygens (including phenoxy) is 1. The van der Waals surface area contributed by atoms with E-state index in [1.165, 1.54) is 0 Å². The zero-order valence-corrected chi connectivity index (χ0v) is 11.7. The average Bonchev–Trinajstić information content (AvgIpc) is 2.30. The second kappa shape index (κ2) is 5.51. The summed E-state index contributed by atoms with van der Waals surface area (Å²) in [5.74, 6) is 0.859. The summed E-state index contributed by atoms with van der Waals surface area (Å²) in [5.41, 5.74) is 1.14. The van der Waals surface area contributed by atoms with Crippen molar-refractivity contribution in [3.8, 4) is 5.75 Å². The average molecular weight is 342 g/mol. The molecule has 0 saturated carbocycles. The van der Waals surface area contributed by atoms with Crippen molar-refractivity contribution in [1.29, 1.82) is 0 Å². The normalized spacial score (nSPS) is 10.1. The third-order valence-corrected chi connectivity index (χ3v) is 3.61. The Bertz CT molecular complexity index is 437. The monoisotopic (exact) mass is 340 g/mol. The zero-order valence-electron chi connectivity index (χ0n) is 8.49. The second-order valence-corrected chi connectivity index (χ2v) is 5.02. The molecular weight excluding hydrogens is 332 g/mol. The summed E-state index contributed by atoms with van der Waals surface area (Å²) in [7, 11) is 0. The van der Waals surface area contributed by atoms with E-state index in [4.69, 9.17) is 4.74 Å². The van der Waals surface area contributed by atoms with Crippen molar-refractivity contribution in [3.05, 3.63) is 63.0 Å². The zero-order chi connectivity index (χ0) is 11.4. The highest BCUT2D eigenvalue weighted by Crippen LogP contribution is 2.25. The molecule has 0 N–H and O–H groups in total. The van der Waals surface area contributed by atoms with E-state index in [-0.39, 0.29) is 0 Å². The first-order chi connectivity index (χ1) is 7.77. The lowest BCUT2D eigenvalue weighted by Gasteiger charge is -2.09. The van der Waals surface area contributed by atoms with Crippen molar-refractivity contribution in [3.63, 3.8) is 0 Å². The summed E-state index contributed by atoms with van der Waals surface area (Å²) >= 11 is 6.95. The molecular formula is C13H10Br2O. The Hall–Kier alpha value is -0.800. The molecule has 0 aliphatic rings. The maximum absolute atomic E-state index is 5.73. The molecule has 0 aromatic heterocycles. The molecule has 0 fully saturated rings. The Kier molecular flexibility index (Phi) is 4.02. The van der Waals surface area contributed by atoms with Gasteiger partial charge in [0.1, 0.15) is 12.4 Å². The summed E-state index contributed by atoms with van der Waals surface area (Å²) in [6.07, 6.45) is 0. The fourth-order valence-corrected chi connectivity index (χ4v) is 2.13. The van der Waals surface area contributed by atoms with Crippen LogP contribution in [0.1, 0.15) is 5.56 Å². The first kappa shape index (κ1) is 11.7. The van der Waals surface area contributed by atoms with Crippen LogP contribution in [0.2, 0.25) is 0 Å². The Morgan fingerprint density at radius 3 is 2.12 bits per heavy atom. The third kappa shape index (κ3) is 2.86. The Morgan fingerprint density at radius 2 is 1.44 bits per heavy atom. The van der Waals surface area contributed by atoms with Gasteiger partial charge in [0.25, 0.3) is 0 Å². The highest BCUT2D eigenvalue weighted by atomic mass is 79.9. The molecule has 0 radical (unpaired) electrons. The van der Waals surface area contributed by atoms with Crippen LogP contribution in [-0.2, 0) is 6.61 Å². The van der Waals surface area contributed by atoms with Crippen molar-refractivity contribution in [2.24, 2.45) is 0 Å². The fourth-order valence-electron chi connectivity index (χ4n) is 1.33. The number of para-hydroxylation sites is 1. The van der Waals surface area contributed by atoms with Gasteiger partial charge >= 0.3 is 0 Å². The van der Waals surface area contributed by atoms with Gasteiger partial charge in [0.2, 0.25) is 0 Å². The van der Waals surface area contributed by atoms with E-state index >= 15 is 0 Å². The Balaban J connectivity index is 2.09. The lowest BCUT2D eigenvalue weighted by Crippen LogP contribution is -1.96. The molecule has 0 amide bonds. The van der Waals surface area contributed by atoms with E-state index in [9.17, 15) is 0 Å². The SMILES string of the molecule is Brc1ccccc1COc1ccccc1Br. The molecule has 0 saturated heterocycles. The van der Waals surface area contributed by atoms with Crippen LogP contribution < -0.4 is 4.74 Å². The second-order valence-electron chi connectivity index (χ2n) is 3.31. The van der Waals surface area contributed by atoms with Crippen LogP contribution in [0.5, 0.6) is 5.75 Å². The van der Waals surface area contributed by atoms with Gasteiger partial charge in [-0.25, -0.2) is 0 Å². The van der Waals surface area contributed by atoms with Crippen LogP contribution in [0.15, 0.2) is 57.5 Å². The Labute approximate surface area is 112 Å². The van der Waals surface area contributed by atoms with Gasteiger partial charge in [-0.2, -0.15) is 0 Å². The molecule has 0 aliphatic heterocycles. The largest absolute Gasteiger partial charge is 0.488 e. The molecule has 16 heavy (non-hydrogen) atoms. The maximum atomic E-state index is 5.73. The van der Waals surface area contributed by atoms with Gasteiger partial charge in [-0.15, -0.1) is 0 Å². The summed E-state index contributed by atoms with van der Waals surface area (Å²) in [4.78, 5) is 0. The van der Waals surface area contributed by atoms with E-state index < -0.39 is 0 Å². The molecule has 2 aromatic carbocycles. The molecule has 0 unspecified atom stereocenters. The molecule has 0 atom stereocenters. The molecule has 2 aromatic rings. The van der Waals surface area contributed by atoms with Gasteiger partial charge in [0.15, 0.2) is 0 Å². The number of halogens is 2. The number of benzene rings is 2. The van der Waals surface area contributed by atoms with Gasteiger partial charge in [-0.05, 0) is 34.1 Å². The molecule has 3 heteroatoms. The van der Waals surface area contributed by atoms with Crippen LogP contribution in [0, 0.1) is 0 Å². The minimum absolute atomic E-state index is 0.560. The molecule has 0 spiro atoms. The first-order valence-corrected chi connectivity index (χ1v) is 6.47. The van der Waals surface area contributed by atoms with Crippen molar-refractivity contribution in [2.45, 2.75) is 6.61 Å². The van der Waals surface area contributed by atoms with E-state index in [1.54, 1.807) is 0 Å². The lowest BCUT2D eigenvalue weighted by molar-refractivity contribution is 0.303. The van der Waals surface area contributed by atoms with Crippen molar-refractivity contribution in [1.82, 2.24) is 0 Å². The van der Waals surface area contributed by atoms with Crippen molar-refractivity contribution >= 4 is 31.9 Å². The smallest absolute Gasteiger partial charge is 0.133 e. The minimum atomic E-state index is 0.560. The van der Waals surface area contributed by atoms with Gasteiger partial charge < -0.3 is 4.74 Å². The van der Waals surface area contributed by atoms with Crippen molar-refractivity contribution in [2.75, 3.05) is 0 Å². The quantitative estimate of drug-likeness (QED) is 0.779. The number of hydrogen-bond donors (Lipinski definition) is 0. The van der Waals surface area contributed by atoms with E-state index in [2.05, 4.69) is 31.9 Å². The maximum Gasteiger partial charge on any atom is 0.133 e. The first-order valence-electron chi connectivity index (χ1n) is 4.88. The molecule has 0 aliphatic carbocycles. The Morgan fingerprint density at radius 1 is 0.812 bits per heavy atom. The van der Waals surface area contributed by atoms with Gasteiger partial charge in [0.05, 0.1) is 4.47 Å². The van der Waals surface area contributed by atoms with Gasteiger partial charge in [-0.1, -0.05) is 46.3 Å². The van der Waals surface area contributed by atoms with Crippen LogP contribution in [-0.4, -0.2) is 0 Å². The topological polar surface area (TPSA) is 9.23 Å². The van der Waals surface area contributed by atoms with Crippen molar-refractivity contribution < 1.29 is 4.74 Å². The summed E-state index contributed by atoms with van der Waals surface area (Å²) < 4.78 is 7.77. The fraction of sp³-hybridized carbons (Fsp3) is 0.0769. The summed E-state index contributed by atoms with van der Waals surface area (Å²) in [5, 5.41) is 0. The highest BCUT2D eigenvalue weighted by molar-refractivity contribution is 9.10. The molecule has 2 rings (SSSR count). The van der Waals surface area contributed by atoms with E-state index in [1.807, 2.05) is 48.5 Å². The predicted octanol–water partition coefficient (Wildman–Crippen LogP) is 4.79. The van der Waals surface area contributed by atoms with Crippen LogP contribution in [0.25, 0.3) is 0 Å². The highest BCUT2D eigenvalue weighted by Gasteiger charge is 2.02. The standard InChI is InChI=1S/C13H10Br2O/c14-11-6-2-1-5-10(11)9-16-13-8-4-3-7-12(13)15/h1-8H,9H2. The number of rotatable bonds is 3. The predicted molar refractivity (Wildman–Crippen MR) is 72.6 cm³/mol. The third-order valence-electron chi connectivity index (χ3n) is 2.18. The van der Waals surface area contributed by atoms with Crippen LogP contribution in [0.3, 0.4) is 0 Å². The van der Waals surface area contributed by atoms with Gasteiger partial charge in [0, 0.05) is 10.0 Å². The van der Waals surface area contributed by atoms with E-state index in [0.29, 0.717) is 6.61 Å². The number of hydrogen-bond acceptors (Lipinski definition) is 1. The lowest BCUT2D eigenvalue weighted by atomic mass is 10.2. The van der Waals surface area contributed by atoms with Crippen LogP contribution in [0.4, 0.5) is 0 Å². The molecule has 1 nitrogen and oxygen atoms in total. The summed E-state index contributed by atoms with van der Waals surface area (Å²) in [6.45, 7) is 0.560. The molecule has 0 heterocycles. The molecule has 0 bridgehead atoms. The van der Waals surface area contributed by atoms with Gasteiger partial charge in [-0.3, -0.25) is 0 Å². The van der Waals surface area contributed by atoms with E-state index in [0.717, 1.165) is 20.3 Å². The minimum Gasteiger partial charge on any atom is -0.488 e.